The molecule has 0 aliphatic rings. The maximum absolute atomic E-state index is 12.4. The molecular formula is C17H20N4O3. The summed E-state index contributed by atoms with van der Waals surface area (Å²) in [4.78, 5) is 30.2. The highest BCUT2D eigenvalue weighted by atomic mass is 16.5. The first kappa shape index (κ1) is 17.3. The van der Waals surface area contributed by atoms with Crippen molar-refractivity contribution in [1.29, 1.82) is 0 Å². The van der Waals surface area contributed by atoms with Crippen LogP contribution in [0.1, 0.15) is 20.7 Å². The molecule has 2 N–H and O–H groups in total. The highest BCUT2D eigenvalue weighted by Crippen LogP contribution is 2.26. The molecule has 7 nitrogen and oxygen atoms in total. The number of ether oxygens (including phenoxy) is 1. The minimum Gasteiger partial charge on any atom is -0.495 e. The molecule has 0 saturated carbocycles. The minimum atomic E-state index is -0.333. The van der Waals surface area contributed by atoms with E-state index >= 15 is 0 Å². The van der Waals surface area contributed by atoms with Crippen molar-refractivity contribution in [3.63, 3.8) is 0 Å². The number of benzene rings is 1. The molecule has 1 aromatic carbocycles. The van der Waals surface area contributed by atoms with E-state index in [4.69, 9.17) is 4.74 Å². The van der Waals surface area contributed by atoms with Crippen molar-refractivity contribution in [2.45, 2.75) is 0 Å². The van der Waals surface area contributed by atoms with Gasteiger partial charge in [0.15, 0.2) is 0 Å². The summed E-state index contributed by atoms with van der Waals surface area (Å²) in [6.07, 6.45) is 1.50. The molecule has 24 heavy (non-hydrogen) atoms. The molecule has 0 saturated heterocycles. The van der Waals surface area contributed by atoms with Gasteiger partial charge in [0.25, 0.3) is 11.8 Å². The van der Waals surface area contributed by atoms with E-state index in [1.165, 1.54) is 13.3 Å². The van der Waals surface area contributed by atoms with Crippen LogP contribution in [0.15, 0.2) is 36.5 Å². The van der Waals surface area contributed by atoms with Gasteiger partial charge in [-0.3, -0.25) is 9.59 Å². The van der Waals surface area contributed by atoms with Crippen molar-refractivity contribution in [2.75, 3.05) is 38.5 Å². The lowest BCUT2D eigenvalue weighted by atomic mass is 10.1. The molecule has 0 bridgehead atoms. The first-order chi connectivity index (χ1) is 11.5. The highest BCUT2D eigenvalue weighted by Gasteiger charge is 2.13. The van der Waals surface area contributed by atoms with E-state index in [0.29, 0.717) is 22.6 Å². The van der Waals surface area contributed by atoms with Gasteiger partial charge in [-0.05, 0) is 30.3 Å². The number of nitrogens with zero attached hydrogens (tertiary/aromatic N) is 2. The first-order valence-electron chi connectivity index (χ1n) is 7.31. The van der Waals surface area contributed by atoms with Crippen LogP contribution in [0.4, 0.5) is 11.5 Å². The highest BCUT2D eigenvalue weighted by molar-refractivity contribution is 6.06. The van der Waals surface area contributed by atoms with Crippen molar-refractivity contribution in [2.24, 2.45) is 0 Å². The van der Waals surface area contributed by atoms with Crippen LogP contribution >= 0.6 is 0 Å². The van der Waals surface area contributed by atoms with E-state index < -0.39 is 0 Å². The second kappa shape index (κ2) is 7.45. The van der Waals surface area contributed by atoms with Crippen LogP contribution in [0.25, 0.3) is 0 Å². The van der Waals surface area contributed by atoms with Gasteiger partial charge in [-0.2, -0.15) is 0 Å². The Bertz CT molecular complexity index is 742. The Morgan fingerprint density at radius 3 is 2.33 bits per heavy atom. The van der Waals surface area contributed by atoms with Gasteiger partial charge in [0.1, 0.15) is 11.6 Å². The van der Waals surface area contributed by atoms with E-state index in [-0.39, 0.29) is 11.8 Å². The molecule has 0 unspecified atom stereocenters. The number of amides is 2. The lowest BCUT2D eigenvalue weighted by Crippen LogP contribution is -2.19. The fourth-order valence-electron chi connectivity index (χ4n) is 2.07. The number of hydrogen-bond donors (Lipinski definition) is 2. The summed E-state index contributed by atoms with van der Waals surface area (Å²) in [6, 6.07) is 8.27. The summed E-state index contributed by atoms with van der Waals surface area (Å²) >= 11 is 0. The molecule has 2 rings (SSSR count). The first-order valence-corrected chi connectivity index (χ1v) is 7.31. The van der Waals surface area contributed by atoms with Crippen LogP contribution in [0.3, 0.4) is 0 Å². The van der Waals surface area contributed by atoms with Crippen LogP contribution < -0.4 is 20.3 Å². The van der Waals surface area contributed by atoms with Crippen LogP contribution in [0, 0.1) is 0 Å². The molecular weight excluding hydrogens is 308 g/mol. The monoisotopic (exact) mass is 328 g/mol. The van der Waals surface area contributed by atoms with E-state index in [1.54, 1.807) is 37.4 Å². The van der Waals surface area contributed by atoms with Gasteiger partial charge in [-0.15, -0.1) is 0 Å². The molecule has 0 atom stereocenters. The molecule has 0 fully saturated rings. The second-order valence-electron chi connectivity index (χ2n) is 5.25. The number of pyridine rings is 1. The van der Waals surface area contributed by atoms with Crippen molar-refractivity contribution >= 4 is 23.3 Å². The zero-order valence-corrected chi connectivity index (χ0v) is 14.1. The van der Waals surface area contributed by atoms with Crippen molar-refractivity contribution < 1.29 is 14.3 Å². The maximum atomic E-state index is 12.4. The molecule has 7 heteroatoms. The lowest BCUT2D eigenvalue weighted by molar-refractivity contribution is 0.0961. The Hall–Kier alpha value is -3.09. The number of methoxy groups -OCH3 is 1. The van der Waals surface area contributed by atoms with Gasteiger partial charge in [-0.1, -0.05) is 0 Å². The summed E-state index contributed by atoms with van der Waals surface area (Å²) in [5, 5.41) is 5.29. The topological polar surface area (TPSA) is 83.6 Å². The maximum Gasteiger partial charge on any atom is 0.257 e. The number of carbonyl (C=O) groups excluding carboxylic acids is 2. The third-order valence-corrected chi connectivity index (χ3v) is 3.41. The van der Waals surface area contributed by atoms with Crippen molar-refractivity contribution in [3.05, 3.63) is 47.7 Å². The molecule has 2 aromatic rings. The molecule has 0 spiro atoms. The Balaban J connectivity index is 2.25. The summed E-state index contributed by atoms with van der Waals surface area (Å²) < 4.78 is 5.23. The van der Waals surface area contributed by atoms with Gasteiger partial charge < -0.3 is 20.3 Å². The number of carbonyl (C=O) groups is 2. The number of hydrogen-bond acceptors (Lipinski definition) is 5. The summed E-state index contributed by atoms with van der Waals surface area (Å²) in [7, 11) is 6.79. The molecule has 1 heterocycles. The summed E-state index contributed by atoms with van der Waals surface area (Å²) in [6.45, 7) is 0. The predicted molar refractivity (Wildman–Crippen MR) is 92.9 cm³/mol. The largest absolute Gasteiger partial charge is 0.495 e. The number of nitrogens with one attached hydrogen (secondary N) is 2. The van der Waals surface area contributed by atoms with E-state index in [2.05, 4.69) is 15.6 Å². The average Bonchev–Trinajstić information content (AvgIpc) is 2.60. The third kappa shape index (κ3) is 3.81. The number of rotatable bonds is 5. The average molecular weight is 328 g/mol. The quantitative estimate of drug-likeness (QED) is 0.874. The molecule has 0 aliphatic carbocycles. The van der Waals surface area contributed by atoms with Crippen LogP contribution in [-0.2, 0) is 0 Å². The smallest absolute Gasteiger partial charge is 0.257 e. The Labute approximate surface area is 140 Å². The summed E-state index contributed by atoms with van der Waals surface area (Å²) in [5.74, 6) is 0.643. The zero-order chi connectivity index (χ0) is 17.7. The van der Waals surface area contributed by atoms with E-state index in [1.807, 2.05) is 19.0 Å². The van der Waals surface area contributed by atoms with Gasteiger partial charge in [0.2, 0.25) is 0 Å². The van der Waals surface area contributed by atoms with Gasteiger partial charge in [0.05, 0.1) is 18.4 Å². The van der Waals surface area contributed by atoms with Crippen LogP contribution in [0.2, 0.25) is 0 Å². The van der Waals surface area contributed by atoms with Gasteiger partial charge in [0, 0.05) is 32.9 Å². The van der Waals surface area contributed by atoms with E-state index in [0.717, 1.165) is 5.82 Å². The molecule has 0 radical (unpaired) electrons. The number of aromatic nitrogens is 1. The SMILES string of the molecule is CNC(=O)c1ccc(OC)c(NC(=O)c2ccc(N(C)C)nc2)c1. The lowest BCUT2D eigenvalue weighted by Gasteiger charge is -2.13. The van der Waals surface area contributed by atoms with E-state index in [9.17, 15) is 9.59 Å². The molecule has 1 aromatic heterocycles. The van der Waals surface area contributed by atoms with Crippen molar-refractivity contribution in [1.82, 2.24) is 10.3 Å². The fraction of sp³-hybridized carbons (Fsp3) is 0.235. The predicted octanol–water partition coefficient (Wildman–Crippen LogP) is 1.77. The zero-order valence-electron chi connectivity index (χ0n) is 14.1. The third-order valence-electron chi connectivity index (χ3n) is 3.41. The number of anilines is 2. The minimum absolute atomic E-state index is 0.245. The standard InChI is InChI=1S/C17H20N4O3/c1-18-16(22)11-5-7-14(24-4)13(9-11)20-17(23)12-6-8-15(19-10-12)21(2)3/h5-10H,1-4H3,(H,18,22)(H,20,23). The molecule has 2 amide bonds. The van der Waals surface area contributed by atoms with Crippen molar-refractivity contribution in [3.8, 4) is 5.75 Å². The summed E-state index contributed by atoms with van der Waals surface area (Å²) in [5.41, 5.74) is 1.25. The van der Waals surface area contributed by atoms with Crippen LogP contribution in [0.5, 0.6) is 5.75 Å². The Morgan fingerprint density at radius 1 is 1.08 bits per heavy atom. The normalized spacial score (nSPS) is 10.0. The Morgan fingerprint density at radius 2 is 1.79 bits per heavy atom. The fourth-order valence-corrected chi connectivity index (χ4v) is 2.07. The molecule has 0 aliphatic heterocycles. The van der Waals surface area contributed by atoms with Crippen LogP contribution in [-0.4, -0.2) is 45.1 Å². The van der Waals surface area contributed by atoms with Gasteiger partial charge in [-0.25, -0.2) is 4.98 Å². The molecule has 126 valence electrons. The second-order valence-corrected chi connectivity index (χ2v) is 5.25. The van der Waals surface area contributed by atoms with Gasteiger partial charge >= 0.3 is 0 Å². The Kier molecular flexibility index (Phi) is 5.36.